The van der Waals surface area contributed by atoms with Crippen molar-refractivity contribution in [3.05, 3.63) is 34.9 Å². The van der Waals surface area contributed by atoms with Gasteiger partial charge < -0.3 is 0 Å². The van der Waals surface area contributed by atoms with Crippen LogP contribution in [0.3, 0.4) is 0 Å². The maximum absolute atomic E-state index is 11.3. The highest BCUT2D eigenvalue weighted by Crippen LogP contribution is 2.27. The van der Waals surface area contributed by atoms with Gasteiger partial charge in [0.25, 0.3) is 0 Å². The monoisotopic (exact) mass is 217 g/mol. The summed E-state index contributed by atoms with van der Waals surface area (Å²) in [5.74, 6) is -0.292. The fraction of sp³-hybridized carbons (Fsp3) is 0.385. The number of aryl methyl sites for hydroxylation is 2. The molecule has 1 N–H and O–H groups in total. The van der Waals surface area contributed by atoms with E-state index in [1.807, 2.05) is 19.1 Å². The molecule has 84 valence electrons. The van der Waals surface area contributed by atoms with Gasteiger partial charge in [-0.2, -0.15) is 0 Å². The highest BCUT2D eigenvalue weighted by Gasteiger charge is 2.26. The van der Waals surface area contributed by atoms with Crippen molar-refractivity contribution < 1.29 is 9.59 Å². The van der Waals surface area contributed by atoms with Crippen LogP contribution in [0, 0.1) is 13.8 Å². The number of amides is 2. The second-order valence-corrected chi connectivity index (χ2v) is 4.42. The van der Waals surface area contributed by atoms with E-state index in [9.17, 15) is 9.59 Å². The third-order valence-electron chi connectivity index (χ3n) is 3.14. The van der Waals surface area contributed by atoms with Crippen LogP contribution in [-0.4, -0.2) is 11.8 Å². The van der Waals surface area contributed by atoms with Crippen LogP contribution in [0.2, 0.25) is 0 Å². The Labute approximate surface area is 94.9 Å². The van der Waals surface area contributed by atoms with Crippen molar-refractivity contribution in [1.29, 1.82) is 0 Å². The summed E-state index contributed by atoms with van der Waals surface area (Å²) >= 11 is 0. The Hall–Kier alpha value is -1.64. The molecule has 0 bridgehead atoms. The lowest BCUT2D eigenvalue weighted by atomic mass is 9.88. The number of piperidine rings is 1. The Morgan fingerprint density at radius 1 is 1.06 bits per heavy atom. The molecule has 16 heavy (non-hydrogen) atoms. The molecule has 2 rings (SSSR count). The summed E-state index contributed by atoms with van der Waals surface area (Å²) < 4.78 is 0. The summed E-state index contributed by atoms with van der Waals surface area (Å²) in [6.45, 7) is 4.10. The van der Waals surface area contributed by atoms with Gasteiger partial charge in [-0.25, -0.2) is 0 Å². The number of rotatable bonds is 1. The molecule has 0 saturated carbocycles. The zero-order valence-corrected chi connectivity index (χ0v) is 9.54. The number of hydrogen-bond donors (Lipinski definition) is 1. The number of carbonyl (C=O) groups is 2. The Balaban J connectivity index is 2.26. The first-order chi connectivity index (χ1) is 7.56. The Morgan fingerprint density at radius 3 is 2.25 bits per heavy atom. The topological polar surface area (TPSA) is 46.2 Å². The summed E-state index contributed by atoms with van der Waals surface area (Å²) in [5.41, 5.74) is 3.53. The molecular formula is C13H15NO2. The van der Waals surface area contributed by atoms with Crippen LogP contribution in [-0.2, 0) is 9.59 Å². The van der Waals surface area contributed by atoms with Crippen molar-refractivity contribution >= 4 is 11.8 Å². The van der Waals surface area contributed by atoms with E-state index in [0.29, 0.717) is 12.8 Å². The lowest BCUT2D eigenvalue weighted by molar-refractivity contribution is -0.133. The van der Waals surface area contributed by atoms with Crippen molar-refractivity contribution in [1.82, 2.24) is 5.32 Å². The third-order valence-corrected chi connectivity index (χ3v) is 3.14. The summed E-state index contributed by atoms with van der Waals surface area (Å²) in [4.78, 5) is 22.6. The number of benzene rings is 1. The van der Waals surface area contributed by atoms with E-state index in [2.05, 4.69) is 18.3 Å². The van der Waals surface area contributed by atoms with Crippen LogP contribution in [0.4, 0.5) is 0 Å². The van der Waals surface area contributed by atoms with Crippen molar-refractivity contribution in [3.63, 3.8) is 0 Å². The lowest BCUT2D eigenvalue weighted by Gasteiger charge is -2.21. The van der Waals surface area contributed by atoms with Crippen LogP contribution in [0.15, 0.2) is 18.2 Å². The van der Waals surface area contributed by atoms with Gasteiger partial charge in [0.1, 0.15) is 0 Å². The van der Waals surface area contributed by atoms with Crippen molar-refractivity contribution in [2.75, 3.05) is 0 Å². The van der Waals surface area contributed by atoms with E-state index in [0.717, 1.165) is 5.56 Å². The van der Waals surface area contributed by atoms with Gasteiger partial charge in [-0.05, 0) is 30.5 Å². The first-order valence-corrected chi connectivity index (χ1v) is 5.46. The molecule has 1 aliphatic rings. The molecule has 3 nitrogen and oxygen atoms in total. The second kappa shape index (κ2) is 4.08. The highest BCUT2D eigenvalue weighted by atomic mass is 16.2. The maximum atomic E-state index is 11.3. The van der Waals surface area contributed by atoms with Gasteiger partial charge in [0.05, 0.1) is 0 Å². The van der Waals surface area contributed by atoms with Crippen molar-refractivity contribution in [2.45, 2.75) is 32.6 Å². The minimum atomic E-state index is -0.167. The molecule has 2 amide bonds. The van der Waals surface area contributed by atoms with Gasteiger partial charge >= 0.3 is 0 Å². The fourth-order valence-electron chi connectivity index (χ4n) is 2.03. The van der Waals surface area contributed by atoms with E-state index in [4.69, 9.17) is 0 Å². The van der Waals surface area contributed by atoms with Crippen LogP contribution in [0.5, 0.6) is 0 Å². The largest absolute Gasteiger partial charge is 0.296 e. The number of hydrogen-bond acceptors (Lipinski definition) is 2. The Morgan fingerprint density at radius 2 is 1.69 bits per heavy atom. The molecule has 0 spiro atoms. The Bertz CT molecular complexity index is 435. The van der Waals surface area contributed by atoms with E-state index >= 15 is 0 Å². The number of carbonyl (C=O) groups excluding carboxylic acids is 2. The molecule has 1 aliphatic heterocycles. The van der Waals surface area contributed by atoms with Crippen LogP contribution < -0.4 is 5.32 Å². The summed E-state index contributed by atoms with van der Waals surface area (Å²) in [6.07, 6.45) is 0.822. The number of nitrogens with one attached hydrogen (secondary N) is 1. The van der Waals surface area contributed by atoms with Gasteiger partial charge in [-0.15, -0.1) is 0 Å². The summed E-state index contributed by atoms with van der Waals surface area (Å²) in [5, 5.41) is 2.33. The fourth-order valence-corrected chi connectivity index (χ4v) is 2.03. The molecule has 1 aromatic rings. The molecule has 0 unspecified atom stereocenters. The number of imide groups is 1. The van der Waals surface area contributed by atoms with Gasteiger partial charge in [-0.3, -0.25) is 14.9 Å². The highest BCUT2D eigenvalue weighted by molar-refractivity contribution is 5.98. The quantitative estimate of drug-likeness (QED) is 0.729. The molecule has 3 heteroatoms. The van der Waals surface area contributed by atoms with E-state index in [1.165, 1.54) is 11.1 Å². The van der Waals surface area contributed by atoms with Crippen molar-refractivity contribution in [3.8, 4) is 0 Å². The van der Waals surface area contributed by atoms with Gasteiger partial charge in [-0.1, -0.05) is 18.2 Å². The van der Waals surface area contributed by atoms with E-state index < -0.39 is 0 Å². The molecule has 0 radical (unpaired) electrons. The third kappa shape index (κ3) is 2.13. The molecule has 0 atom stereocenters. The van der Waals surface area contributed by atoms with Gasteiger partial charge in [0, 0.05) is 18.8 Å². The first kappa shape index (κ1) is 10.9. The molecular weight excluding hydrogens is 202 g/mol. The summed E-state index contributed by atoms with van der Waals surface area (Å²) in [7, 11) is 0. The van der Waals surface area contributed by atoms with Gasteiger partial charge in [0.2, 0.25) is 11.8 Å². The first-order valence-electron chi connectivity index (χ1n) is 5.46. The molecule has 0 aromatic heterocycles. The van der Waals surface area contributed by atoms with Crippen LogP contribution in [0.25, 0.3) is 0 Å². The molecule has 1 heterocycles. The van der Waals surface area contributed by atoms with E-state index in [1.54, 1.807) is 0 Å². The summed E-state index contributed by atoms with van der Waals surface area (Å²) in [6, 6.07) is 6.13. The normalized spacial score (nSPS) is 17.4. The van der Waals surface area contributed by atoms with E-state index in [-0.39, 0.29) is 17.7 Å². The molecule has 1 fully saturated rings. The average molecular weight is 217 g/mol. The smallest absolute Gasteiger partial charge is 0.227 e. The Kier molecular flexibility index (Phi) is 2.77. The predicted molar refractivity (Wildman–Crippen MR) is 61.0 cm³/mol. The minimum absolute atomic E-state index is 0.0422. The standard InChI is InChI=1S/C13H15NO2/c1-8-3-4-10(5-9(8)2)11-6-12(15)14-13(16)7-11/h3-5,11H,6-7H2,1-2H3,(H,14,15,16). The molecule has 0 aliphatic carbocycles. The predicted octanol–water partition coefficient (Wildman–Crippen LogP) is 1.82. The van der Waals surface area contributed by atoms with Crippen LogP contribution in [0.1, 0.15) is 35.4 Å². The second-order valence-electron chi connectivity index (χ2n) is 4.42. The lowest BCUT2D eigenvalue weighted by Crippen LogP contribution is -2.37. The zero-order valence-electron chi connectivity index (χ0n) is 9.54. The van der Waals surface area contributed by atoms with Gasteiger partial charge in [0.15, 0.2) is 0 Å². The SMILES string of the molecule is Cc1ccc(C2CC(=O)NC(=O)C2)cc1C. The molecule has 1 saturated heterocycles. The minimum Gasteiger partial charge on any atom is -0.296 e. The molecule has 1 aromatic carbocycles. The average Bonchev–Trinajstić information content (AvgIpc) is 2.20. The maximum Gasteiger partial charge on any atom is 0.227 e. The van der Waals surface area contributed by atoms with Crippen LogP contribution >= 0.6 is 0 Å². The van der Waals surface area contributed by atoms with Crippen molar-refractivity contribution in [2.24, 2.45) is 0 Å². The zero-order chi connectivity index (χ0) is 11.7.